The summed E-state index contributed by atoms with van der Waals surface area (Å²) in [6.07, 6.45) is 5.32. The van der Waals surface area contributed by atoms with Gasteiger partial charge in [0.15, 0.2) is 6.10 Å². The molecule has 2 aromatic heterocycles. The molecule has 0 saturated carbocycles. The summed E-state index contributed by atoms with van der Waals surface area (Å²) in [5, 5.41) is 23.8. The highest BCUT2D eigenvalue weighted by Gasteiger charge is 2.25. The second-order valence-corrected chi connectivity index (χ2v) is 7.32. The Hall–Kier alpha value is -2.99. The number of nitrogens with one attached hydrogen (secondary N) is 1. The Morgan fingerprint density at radius 3 is 2.96 bits per heavy atom. The van der Waals surface area contributed by atoms with Crippen LogP contribution in [0.3, 0.4) is 0 Å². The predicted octanol–water partition coefficient (Wildman–Crippen LogP) is 3.60. The summed E-state index contributed by atoms with van der Waals surface area (Å²) in [5.74, 6) is -0.994. The molecule has 0 bridgehead atoms. The van der Waals surface area contributed by atoms with Crippen molar-refractivity contribution in [3.8, 4) is 11.8 Å². The molecule has 0 aromatic carbocycles. The van der Waals surface area contributed by atoms with Gasteiger partial charge in [-0.05, 0) is 60.2 Å². The van der Waals surface area contributed by atoms with E-state index in [1.807, 2.05) is 0 Å². The minimum absolute atomic E-state index is 0.0763. The van der Waals surface area contributed by atoms with Gasteiger partial charge in [0, 0.05) is 4.88 Å². The van der Waals surface area contributed by atoms with E-state index in [9.17, 15) is 20.2 Å². The van der Waals surface area contributed by atoms with Crippen LogP contribution in [0.1, 0.15) is 42.2 Å². The van der Waals surface area contributed by atoms with Crippen molar-refractivity contribution in [1.29, 1.82) is 5.26 Å². The van der Waals surface area contributed by atoms with E-state index in [-0.39, 0.29) is 5.75 Å². The van der Waals surface area contributed by atoms with Gasteiger partial charge in [0.2, 0.25) is 5.75 Å². The molecule has 1 aliphatic rings. The Balaban J connectivity index is 1.76. The molecule has 0 radical (unpaired) electrons. The van der Waals surface area contributed by atoms with Gasteiger partial charge in [-0.2, -0.15) is 5.26 Å². The van der Waals surface area contributed by atoms with E-state index in [1.54, 1.807) is 0 Å². The second-order valence-electron chi connectivity index (χ2n) is 6.21. The van der Waals surface area contributed by atoms with Gasteiger partial charge in [0.25, 0.3) is 5.91 Å². The molecule has 8 nitrogen and oxygen atoms in total. The van der Waals surface area contributed by atoms with Crippen molar-refractivity contribution in [3.63, 3.8) is 0 Å². The van der Waals surface area contributed by atoms with Crippen LogP contribution in [-0.4, -0.2) is 21.9 Å². The highest BCUT2D eigenvalue weighted by molar-refractivity contribution is 7.16. The van der Waals surface area contributed by atoms with Gasteiger partial charge < -0.3 is 20.2 Å². The van der Waals surface area contributed by atoms with Crippen LogP contribution in [-0.2, 0) is 17.6 Å². The minimum atomic E-state index is -0.985. The molecule has 0 saturated heterocycles. The molecule has 1 amide bonds. The van der Waals surface area contributed by atoms with Gasteiger partial charge in [-0.25, -0.2) is 0 Å². The number of carbonyl (C=O) groups is 1. The van der Waals surface area contributed by atoms with Crippen LogP contribution in [0.15, 0.2) is 18.3 Å². The van der Waals surface area contributed by atoms with Gasteiger partial charge in [-0.3, -0.25) is 4.79 Å². The Morgan fingerprint density at radius 2 is 2.22 bits per heavy atom. The van der Waals surface area contributed by atoms with E-state index in [1.165, 1.54) is 36.6 Å². The Morgan fingerprint density at radius 1 is 1.44 bits per heavy atom. The van der Waals surface area contributed by atoms with Crippen LogP contribution in [0.5, 0.6) is 5.75 Å². The SMILES string of the molecule is CC(Oc1cccnc1[N+](=O)[O-])C(=O)Nc1sc2c(c1C#N)CCCCC2. The zero-order valence-corrected chi connectivity index (χ0v) is 15.5. The fourth-order valence-corrected chi connectivity index (χ4v) is 4.26. The van der Waals surface area contributed by atoms with E-state index < -0.39 is 22.8 Å². The first-order valence-corrected chi connectivity index (χ1v) is 9.44. The topological polar surface area (TPSA) is 118 Å². The lowest BCUT2D eigenvalue weighted by Crippen LogP contribution is -2.30. The molecule has 1 aliphatic carbocycles. The highest BCUT2D eigenvalue weighted by atomic mass is 32.1. The molecular formula is C18H18N4O4S. The number of nitriles is 1. The number of ether oxygens (including phenoxy) is 1. The zero-order chi connectivity index (χ0) is 19.4. The van der Waals surface area contributed by atoms with E-state index >= 15 is 0 Å². The van der Waals surface area contributed by atoms with Crippen molar-refractivity contribution in [2.75, 3.05) is 5.32 Å². The largest absolute Gasteiger partial charge is 0.473 e. The Bertz CT molecular complexity index is 919. The monoisotopic (exact) mass is 386 g/mol. The van der Waals surface area contributed by atoms with Crippen LogP contribution < -0.4 is 10.1 Å². The molecule has 1 unspecified atom stereocenters. The minimum Gasteiger partial charge on any atom is -0.473 e. The van der Waals surface area contributed by atoms with Gasteiger partial charge >= 0.3 is 5.82 Å². The molecule has 140 valence electrons. The van der Waals surface area contributed by atoms with Gasteiger partial charge in [-0.15, -0.1) is 11.3 Å². The maximum Gasteiger partial charge on any atom is 0.406 e. The molecule has 0 fully saturated rings. The molecular weight excluding hydrogens is 368 g/mol. The number of hydrogen-bond acceptors (Lipinski definition) is 7. The van der Waals surface area contributed by atoms with Crippen molar-refractivity contribution in [2.45, 2.75) is 45.1 Å². The van der Waals surface area contributed by atoms with Crippen LogP contribution >= 0.6 is 11.3 Å². The smallest absolute Gasteiger partial charge is 0.406 e. The summed E-state index contributed by atoms with van der Waals surface area (Å²) in [6, 6.07) is 5.09. The summed E-state index contributed by atoms with van der Waals surface area (Å²) in [6.45, 7) is 1.50. The fraction of sp³-hybridized carbons (Fsp3) is 0.389. The number of aryl methyl sites for hydroxylation is 1. The number of nitrogens with zero attached hydrogens (tertiary/aromatic N) is 3. The third-order valence-corrected chi connectivity index (χ3v) is 5.57. The number of fused-ring (bicyclic) bond motifs is 1. The zero-order valence-electron chi connectivity index (χ0n) is 14.7. The Kier molecular flexibility index (Phi) is 5.66. The molecule has 1 atom stereocenters. The first kappa shape index (κ1) is 18.8. The van der Waals surface area contributed by atoms with E-state index in [0.717, 1.165) is 42.5 Å². The quantitative estimate of drug-likeness (QED) is 0.476. The lowest BCUT2D eigenvalue weighted by molar-refractivity contribution is -0.390. The van der Waals surface area contributed by atoms with Crippen LogP contribution in [0.25, 0.3) is 0 Å². The molecule has 2 aromatic rings. The number of hydrogen-bond donors (Lipinski definition) is 1. The third-order valence-electron chi connectivity index (χ3n) is 4.37. The second kappa shape index (κ2) is 8.14. The summed E-state index contributed by atoms with van der Waals surface area (Å²) in [4.78, 5) is 27.7. The third kappa shape index (κ3) is 4.06. The molecule has 1 N–H and O–H groups in total. The molecule has 27 heavy (non-hydrogen) atoms. The van der Waals surface area contributed by atoms with Gasteiger partial charge in [-0.1, -0.05) is 6.42 Å². The van der Waals surface area contributed by atoms with E-state index in [0.29, 0.717) is 10.6 Å². The van der Waals surface area contributed by atoms with Crippen molar-refractivity contribution in [1.82, 2.24) is 4.98 Å². The molecule has 3 rings (SSSR count). The van der Waals surface area contributed by atoms with Crippen molar-refractivity contribution in [2.24, 2.45) is 0 Å². The lowest BCUT2D eigenvalue weighted by Gasteiger charge is -2.14. The van der Waals surface area contributed by atoms with Crippen LogP contribution in [0.4, 0.5) is 10.8 Å². The summed E-state index contributed by atoms with van der Waals surface area (Å²) in [5.41, 5.74) is 1.55. The summed E-state index contributed by atoms with van der Waals surface area (Å²) >= 11 is 1.43. The molecule has 0 aliphatic heterocycles. The van der Waals surface area contributed by atoms with Crippen LogP contribution in [0.2, 0.25) is 0 Å². The fourth-order valence-electron chi connectivity index (χ4n) is 3.02. The van der Waals surface area contributed by atoms with E-state index in [2.05, 4.69) is 16.4 Å². The molecule has 9 heteroatoms. The normalized spacial score (nSPS) is 14.4. The number of pyridine rings is 1. The number of aromatic nitrogens is 1. The standard InChI is InChI=1S/C18H18N4O4S/c1-11(26-14-7-5-9-20-16(14)22(24)25)17(23)21-18-13(10-19)12-6-3-2-4-8-15(12)27-18/h5,7,9,11H,2-4,6,8H2,1H3,(H,21,23). The maximum absolute atomic E-state index is 12.5. The summed E-state index contributed by atoms with van der Waals surface area (Å²) < 4.78 is 5.44. The number of anilines is 1. The average molecular weight is 386 g/mol. The first-order chi connectivity index (χ1) is 13.0. The van der Waals surface area contributed by atoms with Crippen LogP contribution in [0, 0.1) is 21.4 Å². The maximum atomic E-state index is 12.5. The van der Waals surface area contributed by atoms with E-state index in [4.69, 9.17) is 4.74 Å². The number of thiophene rings is 1. The molecule has 0 spiro atoms. The lowest BCUT2D eigenvalue weighted by atomic mass is 10.1. The number of rotatable bonds is 5. The van der Waals surface area contributed by atoms with Gasteiger partial charge in [0.05, 0.1) is 5.56 Å². The molecule has 2 heterocycles. The van der Waals surface area contributed by atoms with Crippen molar-refractivity contribution >= 4 is 28.1 Å². The first-order valence-electron chi connectivity index (χ1n) is 8.62. The summed E-state index contributed by atoms with van der Waals surface area (Å²) in [7, 11) is 0. The number of nitro groups is 1. The average Bonchev–Trinajstić information content (AvgIpc) is 2.81. The van der Waals surface area contributed by atoms with Crippen molar-refractivity contribution in [3.05, 3.63) is 44.4 Å². The van der Waals surface area contributed by atoms with Crippen molar-refractivity contribution < 1.29 is 14.5 Å². The Labute approximate surface area is 159 Å². The number of amides is 1. The number of carbonyl (C=O) groups excluding carboxylic acids is 1. The highest BCUT2D eigenvalue weighted by Crippen LogP contribution is 2.37. The van der Waals surface area contributed by atoms with Gasteiger partial charge in [0.1, 0.15) is 17.3 Å². The predicted molar refractivity (Wildman–Crippen MR) is 99.9 cm³/mol.